The molecule has 0 aromatic carbocycles. The summed E-state index contributed by atoms with van der Waals surface area (Å²) in [6.07, 6.45) is 8.82. The average Bonchev–Trinajstić information content (AvgIpc) is 2.20. The zero-order valence-corrected chi connectivity index (χ0v) is 9.86. The van der Waals surface area contributed by atoms with Crippen molar-refractivity contribution in [3.05, 3.63) is 24.3 Å². The van der Waals surface area contributed by atoms with Crippen LogP contribution in [0.5, 0.6) is 0 Å². The fourth-order valence-corrected chi connectivity index (χ4v) is 2.52. The quantitative estimate of drug-likeness (QED) is 0.599. The smallest absolute Gasteiger partial charge is 0.0903 e. The van der Waals surface area contributed by atoms with E-state index in [0.29, 0.717) is 0 Å². The van der Waals surface area contributed by atoms with Gasteiger partial charge in [0.1, 0.15) is 0 Å². The molecule has 0 amide bonds. The van der Waals surface area contributed by atoms with Gasteiger partial charge in [0.15, 0.2) is 0 Å². The minimum atomic E-state index is -0.0630. The minimum Gasteiger partial charge on any atom is -0.373 e. The first-order valence-corrected chi connectivity index (χ1v) is 5.72. The molecule has 13 heavy (non-hydrogen) atoms. The predicted molar refractivity (Wildman–Crippen MR) is 53.5 cm³/mol. The summed E-state index contributed by atoms with van der Waals surface area (Å²) < 4.78 is 5.81. The monoisotopic (exact) mass is 194 g/mol. The molecule has 0 saturated carbocycles. The van der Waals surface area contributed by atoms with Crippen LogP contribution in [0.1, 0.15) is 25.0 Å². The highest BCUT2D eigenvalue weighted by molar-refractivity contribution is 6.14. The van der Waals surface area contributed by atoms with Crippen molar-refractivity contribution in [2.75, 3.05) is 6.61 Å². The lowest BCUT2D eigenvalue weighted by Gasteiger charge is -2.33. The van der Waals surface area contributed by atoms with Crippen molar-refractivity contribution in [3.63, 3.8) is 0 Å². The van der Waals surface area contributed by atoms with E-state index in [9.17, 15) is 0 Å². The number of hydrogen-bond donors (Lipinski definition) is 0. The number of ether oxygens (including phenoxy) is 1. The summed E-state index contributed by atoms with van der Waals surface area (Å²) >= 11 is 0. The molecule has 2 heterocycles. The molecule has 1 saturated heterocycles. The molecule has 1 atom stereocenters. The highest BCUT2D eigenvalue weighted by Crippen LogP contribution is 2.29. The first-order valence-electron chi connectivity index (χ1n) is 4.72. The van der Waals surface area contributed by atoms with Gasteiger partial charge in [0.05, 0.1) is 27.4 Å². The van der Waals surface area contributed by atoms with E-state index in [1.165, 1.54) is 12.8 Å². The van der Waals surface area contributed by atoms with Gasteiger partial charge in [-0.05, 0) is 19.3 Å². The van der Waals surface area contributed by atoms with Crippen LogP contribution in [0.15, 0.2) is 18.6 Å². The van der Waals surface area contributed by atoms with Gasteiger partial charge in [-0.3, -0.25) is 9.97 Å². The van der Waals surface area contributed by atoms with Crippen LogP contribution in [0.25, 0.3) is 0 Å². The van der Waals surface area contributed by atoms with Crippen molar-refractivity contribution in [2.45, 2.75) is 24.5 Å². The Kier molecular flexibility index (Phi) is 2.42. The van der Waals surface area contributed by atoms with Crippen molar-refractivity contribution < 1.29 is 4.74 Å². The van der Waals surface area contributed by atoms with E-state index in [1.54, 1.807) is 12.4 Å². The van der Waals surface area contributed by atoms with Crippen molar-refractivity contribution in [3.8, 4) is 0 Å². The van der Waals surface area contributed by atoms with Crippen LogP contribution in [0.4, 0.5) is 0 Å². The average molecular weight is 194 g/mol. The highest BCUT2D eigenvalue weighted by atomic mass is 28.1. The van der Waals surface area contributed by atoms with E-state index in [4.69, 9.17) is 4.74 Å². The first kappa shape index (κ1) is 8.84. The topological polar surface area (TPSA) is 35.0 Å². The summed E-state index contributed by atoms with van der Waals surface area (Å²) in [5, 5.41) is -0.0630. The van der Waals surface area contributed by atoms with Crippen LogP contribution < -0.4 is 0 Å². The van der Waals surface area contributed by atoms with Gasteiger partial charge < -0.3 is 4.74 Å². The molecule has 70 valence electrons. The summed E-state index contributed by atoms with van der Waals surface area (Å²) in [4.78, 5) is 8.41. The second-order valence-electron chi connectivity index (χ2n) is 3.63. The minimum absolute atomic E-state index is 0.0630. The molecule has 1 aromatic heterocycles. The normalized spacial score (nSPS) is 28.9. The molecule has 1 aliphatic heterocycles. The number of aromatic nitrogens is 2. The third-order valence-electron chi connectivity index (χ3n) is 2.57. The van der Waals surface area contributed by atoms with Gasteiger partial charge in [0, 0.05) is 19.0 Å². The number of rotatable bonds is 1. The van der Waals surface area contributed by atoms with Crippen LogP contribution in [-0.4, -0.2) is 26.8 Å². The molecule has 0 spiro atoms. The summed E-state index contributed by atoms with van der Waals surface area (Å²) in [6.45, 7) is 0.875. The molecule has 0 radical (unpaired) electrons. The molecule has 1 unspecified atom stereocenters. The second kappa shape index (κ2) is 3.55. The summed E-state index contributed by atoms with van der Waals surface area (Å²) in [7, 11) is 0.993. The van der Waals surface area contributed by atoms with Gasteiger partial charge >= 0.3 is 0 Å². The van der Waals surface area contributed by atoms with E-state index >= 15 is 0 Å². The Hall–Kier alpha value is -0.743. The van der Waals surface area contributed by atoms with E-state index in [1.807, 2.05) is 6.20 Å². The lowest BCUT2D eigenvalue weighted by atomic mass is 10.1. The van der Waals surface area contributed by atoms with Gasteiger partial charge in [-0.1, -0.05) is 0 Å². The molecule has 3 nitrogen and oxygen atoms in total. The van der Waals surface area contributed by atoms with Gasteiger partial charge in [0.25, 0.3) is 0 Å². The summed E-state index contributed by atoms with van der Waals surface area (Å²) in [5.41, 5.74) is 1.02. The molecule has 1 aromatic rings. The lowest BCUT2D eigenvalue weighted by Crippen LogP contribution is -2.34. The lowest BCUT2D eigenvalue weighted by molar-refractivity contribution is -0.0240. The third kappa shape index (κ3) is 1.78. The zero-order valence-electron chi connectivity index (χ0n) is 7.86. The zero-order chi connectivity index (χ0) is 9.15. The number of nitrogens with zero attached hydrogens (tertiary/aromatic N) is 2. The molecule has 0 N–H and O–H groups in total. The Morgan fingerprint density at radius 2 is 2.31 bits per heavy atom. The Bertz CT molecular complexity index is 272. The fourth-order valence-electron chi connectivity index (χ4n) is 1.71. The predicted octanol–water partition coefficient (Wildman–Crippen LogP) is 0.195. The Morgan fingerprint density at radius 1 is 1.38 bits per heavy atom. The molecule has 4 heteroatoms. The first-order chi connectivity index (χ1) is 6.31. The van der Waals surface area contributed by atoms with Gasteiger partial charge in [0.2, 0.25) is 0 Å². The SMILES string of the molecule is [SiH3]C1(c2cnccn2)CCCCO1. The third-order valence-corrected chi connectivity index (χ3v) is 3.87. The van der Waals surface area contributed by atoms with Crippen LogP contribution in [0, 0.1) is 0 Å². The van der Waals surface area contributed by atoms with Crippen molar-refractivity contribution in [1.82, 2.24) is 9.97 Å². The second-order valence-corrected chi connectivity index (χ2v) is 5.24. The van der Waals surface area contributed by atoms with E-state index in [-0.39, 0.29) is 5.22 Å². The van der Waals surface area contributed by atoms with Gasteiger partial charge in [-0.2, -0.15) is 0 Å². The Balaban J connectivity index is 2.23. The van der Waals surface area contributed by atoms with Crippen LogP contribution in [0.2, 0.25) is 0 Å². The number of hydrogen-bond acceptors (Lipinski definition) is 3. The summed E-state index contributed by atoms with van der Waals surface area (Å²) in [6, 6.07) is 0. The fraction of sp³-hybridized carbons (Fsp3) is 0.556. The van der Waals surface area contributed by atoms with Gasteiger partial charge in [-0.25, -0.2) is 0 Å². The Morgan fingerprint density at radius 3 is 2.92 bits per heavy atom. The maximum atomic E-state index is 5.81. The van der Waals surface area contributed by atoms with Gasteiger partial charge in [-0.15, -0.1) is 0 Å². The molecular weight excluding hydrogens is 180 g/mol. The standard InChI is InChI=1S/C9H14N2OSi/c13-9(3-1-2-6-12-9)8-7-10-4-5-11-8/h4-5,7H,1-3,6H2,13H3. The van der Waals surface area contributed by atoms with Crippen molar-refractivity contribution in [1.29, 1.82) is 0 Å². The molecule has 1 fully saturated rings. The highest BCUT2D eigenvalue weighted by Gasteiger charge is 2.30. The van der Waals surface area contributed by atoms with Crippen LogP contribution in [-0.2, 0) is 9.96 Å². The van der Waals surface area contributed by atoms with Crippen LogP contribution in [0.3, 0.4) is 0 Å². The van der Waals surface area contributed by atoms with Crippen molar-refractivity contribution >= 4 is 10.2 Å². The molecule has 2 rings (SSSR count). The molecule has 1 aliphatic rings. The molecule has 0 aliphatic carbocycles. The maximum absolute atomic E-state index is 5.81. The maximum Gasteiger partial charge on any atom is 0.0903 e. The Labute approximate surface area is 81.0 Å². The molecular formula is C9H14N2OSi. The van der Waals surface area contributed by atoms with E-state index < -0.39 is 0 Å². The largest absolute Gasteiger partial charge is 0.373 e. The van der Waals surface area contributed by atoms with E-state index in [2.05, 4.69) is 9.97 Å². The van der Waals surface area contributed by atoms with Crippen molar-refractivity contribution in [2.24, 2.45) is 0 Å². The summed E-state index contributed by atoms with van der Waals surface area (Å²) in [5.74, 6) is 0. The van der Waals surface area contributed by atoms with Crippen LogP contribution >= 0.6 is 0 Å². The van der Waals surface area contributed by atoms with E-state index in [0.717, 1.165) is 29.0 Å². The molecule has 0 bridgehead atoms.